The van der Waals surface area contributed by atoms with Crippen LogP contribution in [0.2, 0.25) is 0 Å². The van der Waals surface area contributed by atoms with Crippen LogP contribution in [0.5, 0.6) is 0 Å². The predicted octanol–water partition coefficient (Wildman–Crippen LogP) is 3.86. The van der Waals surface area contributed by atoms with Crippen LogP contribution in [0.25, 0.3) is 0 Å². The minimum Gasteiger partial charge on any atom is -0.481 e. The van der Waals surface area contributed by atoms with Gasteiger partial charge in [0, 0.05) is 12.6 Å². The molecule has 1 aliphatic rings. The van der Waals surface area contributed by atoms with Crippen molar-refractivity contribution >= 4 is 18.4 Å². The highest BCUT2D eigenvalue weighted by molar-refractivity contribution is 5.85. The first-order valence-electron chi connectivity index (χ1n) is 7.00. The molecule has 22 heavy (non-hydrogen) atoms. The summed E-state index contributed by atoms with van der Waals surface area (Å²) in [7, 11) is 0. The van der Waals surface area contributed by atoms with Crippen molar-refractivity contribution in [3.8, 4) is 0 Å². The number of carboxylic acids is 1. The Balaban J connectivity index is 0.00000242. The molecule has 0 aromatic heterocycles. The van der Waals surface area contributed by atoms with E-state index in [1.165, 1.54) is 6.07 Å². The molecule has 0 heterocycles. The summed E-state index contributed by atoms with van der Waals surface area (Å²) in [6.45, 7) is 0.248. The summed E-state index contributed by atoms with van der Waals surface area (Å²) < 4.78 is 37.9. The van der Waals surface area contributed by atoms with Crippen LogP contribution in [0.4, 0.5) is 13.2 Å². The van der Waals surface area contributed by atoms with Gasteiger partial charge in [0.05, 0.1) is 11.5 Å². The second-order valence-corrected chi connectivity index (χ2v) is 5.41. The van der Waals surface area contributed by atoms with E-state index in [1.54, 1.807) is 6.07 Å². The van der Waals surface area contributed by atoms with Crippen molar-refractivity contribution in [1.29, 1.82) is 0 Å². The average Bonchev–Trinajstić information content (AvgIpc) is 2.45. The van der Waals surface area contributed by atoms with Crippen molar-refractivity contribution in [1.82, 2.24) is 5.32 Å². The van der Waals surface area contributed by atoms with Crippen LogP contribution in [0.15, 0.2) is 24.3 Å². The SMILES string of the molecule is Cl.O=C(O)C1CCCCC1NCc1cccc(C(F)(F)F)c1. The van der Waals surface area contributed by atoms with Crippen LogP contribution in [-0.2, 0) is 17.5 Å². The first-order valence-corrected chi connectivity index (χ1v) is 7.00. The number of benzene rings is 1. The van der Waals surface area contributed by atoms with Crippen LogP contribution < -0.4 is 5.32 Å². The quantitative estimate of drug-likeness (QED) is 0.877. The molecule has 0 saturated heterocycles. The first-order chi connectivity index (χ1) is 9.88. The number of halogens is 4. The van der Waals surface area contributed by atoms with Crippen LogP contribution in [-0.4, -0.2) is 17.1 Å². The normalized spacial score (nSPS) is 22.0. The number of rotatable bonds is 4. The van der Waals surface area contributed by atoms with Crippen LogP contribution in [0.3, 0.4) is 0 Å². The van der Waals surface area contributed by atoms with E-state index in [4.69, 9.17) is 5.11 Å². The van der Waals surface area contributed by atoms with Gasteiger partial charge in [-0.25, -0.2) is 0 Å². The third kappa shape index (κ3) is 4.88. The molecule has 1 aromatic rings. The Kier molecular flexibility index (Phi) is 6.68. The molecule has 1 fully saturated rings. The van der Waals surface area contributed by atoms with Gasteiger partial charge in [-0.3, -0.25) is 4.79 Å². The van der Waals surface area contributed by atoms with Crippen molar-refractivity contribution in [3.05, 3.63) is 35.4 Å². The summed E-state index contributed by atoms with van der Waals surface area (Å²) >= 11 is 0. The second kappa shape index (κ2) is 7.83. The molecule has 7 heteroatoms. The molecule has 1 saturated carbocycles. The molecule has 2 rings (SSSR count). The topological polar surface area (TPSA) is 49.3 Å². The van der Waals surface area contributed by atoms with Crippen LogP contribution in [0.1, 0.15) is 36.8 Å². The van der Waals surface area contributed by atoms with Gasteiger partial charge in [-0.05, 0) is 24.5 Å². The molecule has 1 aliphatic carbocycles. The van der Waals surface area contributed by atoms with Crippen molar-refractivity contribution in [2.75, 3.05) is 0 Å². The van der Waals surface area contributed by atoms with E-state index in [0.29, 0.717) is 12.0 Å². The molecule has 3 nitrogen and oxygen atoms in total. The number of hydrogen-bond donors (Lipinski definition) is 2. The van der Waals surface area contributed by atoms with Gasteiger partial charge in [-0.15, -0.1) is 12.4 Å². The van der Waals surface area contributed by atoms with Gasteiger partial charge in [0.15, 0.2) is 0 Å². The summed E-state index contributed by atoms with van der Waals surface area (Å²) in [5, 5.41) is 12.3. The molecular formula is C15H19ClF3NO2. The fourth-order valence-electron chi connectivity index (χ4n) is 2.78. The third-order valence-electron chi connectivity index (χ3n) is 3.91. The maximum atomic E-state index is 12.6. The fraction of sp³-hybridized carbons (Fsp3) is 0.533. The van der Waals surface area contributed by atoms with E-state index < -0.39 is 23.6 Å². The highest BCUT2D eigenvalue weighted by Crippen LogP contribution is 2.30. The zero-order valence-electron chi connectivity index (χ0n) is 11.9. The Morgan fingerprint density at radius 2 is 1.95 bits per heavy atom. The fourth-order valence-corrected chi connectivity index (χ4v) is 2.78. The standard InChI is InChI=1S/C15H18F3NO2.ClH/c16-15(17,18)11-5-3-4-10(8-11)9-19-13-7-2-1-6-12(13)14(20)21;/h3-5,8,12-13,19H,1-2,6-7,9H2,(H,20,21);1H. The smallest absolute Gasteiger partial charge is 0.416 e. The largest absolute Gasteiger partial charge is 0.481 e. The van der Waals surface area contributed by atoms with E-state index in [9.17, 15) is 18.0 Å². The summed E-state index contributed by atoms with van der Waals surface area (Å²) in [6, 6.07) is 4.94. The Bertz CT molecular complexity index is 508. The minimum absolute atomic E-state index is 0. The van der Waals surface area contributed by atoms with Crippen molar-refractivity contribution in [2.24, 2.45) is 5.92 Å². The predicted molar refractivity (Wildman–Crippen MR) is 78.9 cm³/mol. The molecule has 0 amide bonds. The van der Waals surface area contributed by atoms with Crippen molar-refractivity contribution in [3.63, 3.8) is 0 Å². The summed E-state index contributed by atoms with van der Waals surface area (Å²) in [4.78, 5) is 11.2. The first kappa shape index (κ1) is 18.8. The van der Waals surface area contributed by atoms with Gasteiger partial charge >= 0.3 is 12.1 Å². The Labute approximate surface area is 133 Å². The van der Waals surface area contributed by atoms with Gasteiger partial charge in [-0.1, -0.05) is 31.0 Å². The number of aliphatic carboxylic acids is 1. The second-order valence-electron chi connectivity index (χ2n) is 5.41. The molecule has 0 aliphatic heterocycles. The molecule has 0 spiro atoms. The summed E-state index contributed by atoms with van der Waals surface area (Å²) in [5.41, 5.74) is -0.167. The lowest BCUT2D eigenvalue weighted by Crippen LogP contribution is -2.41. The molecule has 0 radical (unpaired) electrons. The van der Waals surface area contributed by atoms with Crippen molar-refractivity contribution < 1.29 is 23.1 Å². The van der Waals surface area contributed by atoms with Gasteiger partial charge in [0.1, 0.15) is 0 Å². The number of alkyl halides is 3. The van der Waals surface area contributed by atoms with Crippen LogP contribution in [0, 0.1) is 5.92 Å². The maximum Gasteiger partial charge on any atom is 0.416 e. The molecule has 124 valence electrons. The molecule has 2 N–H and O–H groups in total. The molecule has 1 aromatic carbocycles. The maximum absolute atomic E-state index is 12.6. The number of carboxylic acid groups (broad SMARTS) is 1. The lowest BCUT2D eigenvalue weighted by molar-refractivity contribution is -0.143. The highest BCUT2D eigenvalue weighted by atomic mass is 35.5. The third-order valence-corrected chi connectivity index (χ3v) is 3.91. The molecular weight excluding hydrogens is 319 g/mol. The molecule has 0 bridgehead atoms. The minimum atomic E-state index is -4.36. The zero-order valence-corrected chi connectivity index (χ0v) is 12.7. The number of nitrogens with one attached hydrogen (secondary N) is 1. The lowest BCUT2D eigenvalue weighted by Gasteiger charge is -2.29. The lowest BCUT2D eigenvalue weighted by atomic mass is 9.84. The molecule has 2 atom stereocenters. The van der Waals surface area contributed by atoms with E-state index in [0.717, 1.165) is 31.4 Å². The van der Waals surface area contributed by atoms with E-state index in [-0.39, 0.29) is 25.0 Å². The Morgan fingerprint density at radius 1 is 1.27 bits per heavy atom. The Hall–Kier alpha value is -1.27. The summed E-state index contributed by atoms with van der Waals surface area (Å²) in [5.74, 6) is -1.29. The Morgan fingerprint density at radius 3 is 2.59 bits per heavy atom. The van der Waals surface area contributed by atoms with Gasteiger partial charge in [0.2, 0.25) is 0 Å². The number of carbonyl (C=O) groups is 1. The van der Waals surface area contributed by atoms with Crippen LogP contribution >= 0.6 is 12.4 Å². The monoisotopic (exact) mass is 337 g/mol. The zero-order chi connectivity index (χ0) is 15.5. The van der Waals surface area contributed by atoms with Gasteiger partial charge in [-0.2, -0.15) is 13.2 Å². The molecule has 2 unspecified atom stereocenters. The number of hydrogen-bond acceptors (Lipinski definition) is 2. The van der Waals surface area contributed by atoms with Gasteiger partial charge < -0.3 is 10.4 Å². The average molecular weight is 338 g/mol. The van der Waals surface area contributed by atoms with E-state index in [2.05, 4.69) is 5.32 Å². The van der Waals surface area contributed by atoms with E-state index in [1.807, 2.05) is 0 Å². The summed E-state index contributed by atoms with van der Waals surface area (Å²) in [6.07, 6.45) is -1.15. The van der Waals surface area contributed by atoms with Gasteiger partial charge in [0.25, 0.3) is 0 Å². The van der Waals surface area contributed by atoms with E-state index >= 15 is 0 Å². The highest BCUT2D eigenvalue weighted by Gasteiger charge is 2.31. The van der Waals surface area contributed by atoms with Crippen molar-refractivity contribution in [2.45, 2.75) is 44.4 Å².